The Morgan fingerprint density at radius 3 is 2.44 bits per heavy atom. The molecule has 2 N–H and O–H groups in total. The number of hydrogen-bond donors (Lipinski definition) is 1. The van der Waals surface area contributed by atoms with Gasteiger partial charge >= 0.3 is 0 Å². The molecule has 2 aliphatic heterocycles. The second kappa shape index (κ2) is 4.24. The first-order valence-corrected chi connectivity index (χ1v) is 6.44. The molecular weight excluding hydrogens is 230 g/mol. The number of nitro groups is 1. The molecule has 1 aromatic rings. The van der Waals surface area contributed by atoms with Gasteiger partial charge in [-0.3, -0.25) is 10.1 Å². The summed E-state index contributed by atoms with van der Waals surface area (Å²) in [5, 5.41) is 11.1. The van der Waals surface area contributed by atoms with Crippen molar-refractivity contribution in [2.75, 3.05) is 4.90 Å². The molecule has 0 aromatic heterocycles. The highest BCUT2D eigenvalue weighted by atomic mass is 16.6. The zero-order chi connectivity index (χ0) is 12.7. The number of para-hydroxylation sites is 2. The fraction of sp³-hybridized carbons (Fsp3) is 0.538. The van der Waals surface area contributed by atoms with Gasteiger partial charge in [0.25, 0.3) is 5.69 Å². The van der Waals surface area contributed by atoms with Gasteiger partial charge in [-0.15, -0.1) is 0 Å². The molecule has 18 heavy (non-hydrogen) atoms. The summed E-state index contributed by atoms with van der Waals surface area (Å²) >= 11 is 0. The van der Waals surface area contributed by atoms with Crippen LogP contribution in [0.2, 0.25) is 0 Å². The van der Waals surface area contributed by atoms with Crippen LogP contribution in [0.3, 0.4) is 0 Å². The summed E-state index contributed by atoms with van der Waals surface area (Å²) in [4.78, 5) is 13.1. The van der Waals surface area contributed by atoms with E-state index < -0.39 is 0 Å². The average molecular weight is 247 g/mol. The summed E-state index contributed by atoms with van der Waals surface area (Å²) < 4.78 is 0. The van der Waals surface area contributed by atoms with Gasteiger partial charge in [0.2, 0.25) is 0 Å². The minimum absolute atomic E-state index is 0.213. The van der Waals surface area contributed by atoms with E-state index in [1.165, 1.54) is 0 Å². The number of rotatable bonds is 2. The van der Waals surface area contributed by atoms with Crippen LogP contribution in [-0.2, 0) is 0 Å². The van der Waals surface area contributed by atoms with Gasteiger partial charge in [-0.2, -0.15) is 0 Å². The first kappa shape index (κ1) is 11.5. The van der Waals surface area contributed by atoms with Gasteiger partial charge in [-0.1, -0.05) is 12.1 Å². The van der Waals surface area contributed by atoms with E-state index in [0.29, 0.717) is 12.1 Å². The summed E-state index contributed by atoms with van der Waals surface area (Å²) in [5.41, 5.74) is 7.01. The summed E-state index contributed by atoms with van der Waals surface area (Å²) in [5.74, 6) is 0. The Kier molecular flexibility index (Phi) is 2.70. The predicted molar refractivity (Wildman–Crippen MR) is 69.6 cm³/mol. The molecule has 2 unspecified atom stereocenters. The van der Waals surface area contributed by atoms with Gasteiger partial charge in [-0.05, 0) is 31.7 Å². The molecule has 2 bridgehead atoms. The molecule has 5 nitrogen and oxygen atoms in total. The molecule has 0 spiro atoms. The number of nitrogens with two attached hydrogens (primary N) is 1. The van der Waals surface area contributed by atoms with Crippen molar-refractivity contribution in [2.24, 2.45) is 5.73 Å². The van der Waals surface area contributed by atoms with E-state index in [0.717, 1.165) is 31.4 Å². The maximum Gasteiger partial charge on any atom is 0.292 e. The van der Waals surface area contributed by atoms with Crippen molar-refractivity contribution in [3.63, 3.8) is 0 Å². The lowest BCUT2D eigenvalue weighted by Crippen LogP contribution is -2.47. The number of piperidine rings is 1. The van der Waals surface area contributed by atoms with E-state index in [-0.39, 0.29) is 16.7 Å². The van der Waals surface area contributed by atoms with Gasteiger partial charge in [0, 0.05) is 24.2 Å². The maximum absolute atomic E-state index is 11.1. The van der Waals surface area contributed by atoms with Crippen molar-refractivity contribution in [3.8, 4) is 0 Å². The normalized spacial score (nSPS) is 30.5. The largest absolute Gasteiger partial charge is 0.360 e. The van der Waals surface area contributed by atoms with E-state index in [4.69, 9.17) is 5.73 Å². The van der Waals surface area contributed by atoms with Crippen LogP contribution < -0.4 is 10.6 Å². The van der Waals surface area contributed by atoms with Crippen LogP contribution in [0, 0.1) is 10.1 Å². The zero-order valence-corrected chi connectivity index (χ0v) is 10.2. The first-order valence-electron chi connectivity index (χ1n) is 6.44. The highest BCUT2D eigenvalue weighted by Gasteiger charge is 2.41. The number of fused-ring (bicyclic) bond motifs is 2. The molecule has 2 fully saturated rings. The van der Waals surface area contributed by atoms with Crippen LogP contribution in [0.4, 0.5) is 11.4 Å². The monoisotopic (exact) mass is 247 g/mol. The van der Waals surface area contributed by atoms with Gasteiger partial charge < -0.3 is 10.6 Å². The minimum Gasteiger partial charge on any atom is -0.360 e. The summed E-state index contributed by atoms with van der Waals surface area (Å²) in [7, 11) is 0. The quantitative estimate of drug-likeness (QED) is 0.641. The summed E-state index contributed by atoms with van der Waals surface area (Å²) in [6.07, 6.45) is 4.10. The van der Waals surface area contributed by atoms with Crippen molar-refractivity contribution >= 4 is 11.4 Å². The molecule has 1 aromatic carbocycles. The van der Waals surface area contributed by atoms with Crippen LogP contribution in [0.5, 0.6) is 0 Å². The Hall–Kier alpha value is -1.62. The van der Waals surface area contributed by atoms with Crippen LogP contribution in [0.25, 0.3) is 0 Å². The second-order valence-corrected chi connectivity index (χ2v) is 5.27. The lowest BCUT2D eigenvalue weighted by molar-refractivity contribution is -0.384. The van der Waals surface area contributed by atoms with Crippen molar-refractivity contribution in [2.45, 2.75) is 43.8 Å². The Balaban J connectivity index is 1.99. The Bertz CT molecular complexity index is 463. The van der Waals surface area contributed by atoms with Crippen molar-refractivity contribution < 1.29 is 4.92 Å². The van der Waals surface area contributed by atoms with E-state index in [1.54, 1.807) is 12.1 Å². The van der Waals surface area contributed by atoms with E-state index in [2.05, 4.69) is 4.90 Å². The van der Waals surface area contributed by atoms with Gasteiger partial charge in [-0.25, -0.2) is 0 Å². The minimum atomic E-state index is -0.288. The topological polar surface area (TPSA) is 72.4 Å². The molecule has 5 heteroatoms. The number of hydrogen-bond acceptors (Lipinski definition) is 4. The van der Waals surface area contributed by atoms with E-state index in [9.17, 15) is 10.1 Å². The lowest BCUT2D eigenvalue weighted by Gasteiger charge is -2.39. The standard InChI is InChI=1S/C13H17N3O2/c14-9-7-10-5-6-11(8-9)15(10)12-3-1-2-4-13(12)16(17)18/h1-4,9-11H,5-8,14H2. The van der Waals surface area contributed by atoms with Gasteiger partial charge in [0.05, 0.1) is 4.92 Å². The van der Waals surface area contributed by atoms with Gasteiger partial charge in [0.15, 0.2) is 0 Å². The molecule has 3 rings (SSSR count). The van der Waals surface area contributed by atoms with Crippen molar-refractivity contribution in [3.05, 3.63) is 34.4 Å². The average Bonchev–Trinajstić information content (AvgIpc) is 2.61. The highest BCUT2D eigenvalue weighted by Crippen LogP contribution is 2.42. The van der Waals surface area contributed by atoms with E-state index in [1.807, 2.05) is 12.1 Å². The number of benzene rings is 1. The molecule has 0 saturated carbocycles. The van der Waals surface area contributed by atoms with Gasteiger partial charge in [0.1, 0.15) is 5.69 Å². The summed E-state index contributed by atoms with van der Waals surface area (Å²) in [6.45, 7) is 0. The number of nitrogens with zero attached hydrogens (tertiary/aromatic N) is 2. The van der Waals surface area contributed by atoms with Crippen molar-refractivity contribution in [1.29, 1.82) is 0 Å². The number of anilines is 1. The van der Waals surface area contributed by atoms with Crippen LogP contribution in [-0.4, -0.2) is 23.0 Å². The Morgan fingerprint density at radius 2 is 1.83 bits per heavy atom. The van der Waals surface area contributed by atoms with E-state index >= 15 is 0 Å². The molecule has 0 aliphatic carbocycles. The Labute approximate surface area is 106 Å². The molecule has 2 heterocycles. The second-order valence-electron chi connectivity index (χ2n) is 5.27. The molecular formula is C13H17N3O2. The predicted octanol–water partition coefficient (Wildman–Crippen LogP) is 2.05. The smallest absolute Gasteiger partial charge is 0.292 e. The van der Waals surface area contributed by atoms with Crippen molar-refractivity contribution in [1.82, 2.24) is 0 Å². The lowest BCUT2D eigenvalue weighted by atomic mass is 9.97. The third-order valence-electron chi connectivity index (χ3n) is 4.13. The highest BCUT2D eigenvalue weighted by molar-refractivity contribution is 5.65. The molecule has 96 valence electrons. The third-order valence-corrected chi connectivity index (χ3v) is 4.13. The van der Waals surface area contributed by atoms with Crippen LogP contribution >= 0.6 is 0 Å². The first-order chi connectivity index (χ1) is 8.66. The maximum atomic E-state index is 11.1. The zero-order valence-electron chi connectivity index (χ0n) is 10.2. The fourth-order valence-corrected chi connectivity index (χ4v) is 3.45. The molecule has 0 radical (unpaired) electrons. The van der Waals surface area contributed by atoms with Crippen LogP contribution in [0.15, 0.2) is 24.3 Å². The number of nitro benzene ring substituents is 1. The SMILES string of the molecule is NC1CC2CCC(C1)N2c1ccccc1[N+](=O)[O-]. The third kappa shape index (κ3) is 1.75. The fourth-order valence-electron chi connectivity index (χ4n) is 3.45. The molecule has 2 aliphatic rings. The van der Waals surface area contributed by atoms with Crippen LogP contribution in [0.1, 0.15) is 25.7 Å². The molecule has 2 saturated heterocycles. The summed E-state index contributed by atoms with van der Waals surface area (Å²) in [6, 6.07) is 8.04. The molecule has 2 atom stereocenters. The Morgan fingerprint density at radius 1 is 1.22 bits per heavy atom. The molecule has 0 amide bonds.